The molecule has 0 radical (unpaired) electrons. The maximum atomic E-state index is 4.54. The Morgan fingerprint density at radius 2 is 2.19 bits per heavy atom. The van der Waals surface area contributed by atoms with Crippen LogP contribution in [0.3, 0.4) is 0 Å². The minimum Gasteiger partial charge on any atom is -0.357 e. The van der Waals surface area contributed by atoms with E-state index < -0.39 is 0 Å². The minimum atomic E-state index is 0.572. The van der Waals surface area contributed by atoms with Crippen molar-refractivity contribution in [2.24, 2.45) is 0 Å². The average Bonchev–Trinajstić information content (AvgIpc) is 2.94. The Morgan fingerprint density at radius 1 is 1.33 bits per heavy atom. The second-order valence-corrected chi connectivity index (χ2v) is 5.65. The van der Waals surface area contributed by atoms with Gasteiger partial charge in [-0.15, -0.1) is 0 Å². The molecule has 21 heavy (non-hydrogen) atoms. The van der Waals surface area contributed by atoms with Gasteiger partial charge in [0.1, 0.15) is 5.82 Å². The minimum absolute atomic E-state index is 0.572. The average molecular weight is 347 g/mol. The molecule has 0 fully saturated rings. The monoisotopic (exact) mass is 346 g/mol. The molecule has 1 aromatic carbocycles. The largest absolute Gasteiger partial charge is 0.357 e. The number of hydrogen-bond donors (Lipinski definition) is 2. The van der Waals surface area contributed by atoms with Crippen LogP contribution in [0.4, 0.5) is 11.8 Å². The topological polar surface area (TPSA) is 69.7 Å². The third kappa shape index (κ3) is 2.82. The predicted molar refractivity (Wildman–Crippen MR) is 87.5 cm³/mol. The first-order chi connectivity index (χ1) is 10.2. The van der Waals surface area contributed by atoms with Crippen molar-refractivity contribution in [3.8, 4) is 0 Å². The summed E-state index contributed by atoms with van der Waals surface area (Å²) in [6.07, 6.45) is 1.75. The van der Waals surface area contributed by atoms with Gasteiger partial charge in [0.15, 0.2) is 5.65 Å². The summed E-state index contributed by atoms with van der Waals surface area (Å²) < 4.78 is 1.07. The molecule has 6 nitrogen and oxygen atoms in total. The van der Waals surface area contributed by atoms with E-state index in [1.165, 1.54) is 5.56 Å². The zero-order chi connectivity index (χ0) is 14.8. The molecule has 2 N–H and O–H groups in total. The van der Waals surface area contributed by atoms with Gasteiger partial charge in [-0.2, -0.15) is 15.1 Å². The van der Waals surface area contributed by atoms with Gasteiger partial charge in [0, 0.05) is 25.1 Å². The van der Waals surface area contributed by atoms with Gasteiger partial charge in [-0.3, -0.25) is 5.10 Å². The highest BCUT2D eigenvalue weighted by atomic mass is 79.9. The number of halogens is 1. The number of nitrogens with one attached hydrogen (secondary N) is 2. The van der Waals surface area contributed by atoms with Crippen LogP contribution in [0, 0.1) is 0 Å². The molecule has 0 spiro atoms. The fourth-order valence-electron chi connectivity index (χ4n) is 2.21. The summed E-state index contributed by atoms with van der Waals surface area (Å²) >= 11 is 3.50. The van der Waals surface area contributed by atoms with Crippen molar-refractivity contribution in [2.45, 2.75) is 6.54 Å². The first-order valence-corrected chi connectivity index (χ1v) is 7.31. The van der Waals surface area contributed by atoms with Crippen molar-refractivity contribution in [1.82, 2.24) is 20.2 Å². The first-order valence-electron chi connectivity index (χ1n) is 6.52. The maximum absolute atomic E-state index is 4.54. The summed E-state index contributed by atoms with van der Waals surface area (Å²) in [6.45, 7) is 0.750. The van der Waals surface area contributed by atoms with Gasteiger partial charge < -0.3 is 10.2 Å². The predicted octanol–water partition coefficient (Wildman–Crippen LogP) is 2.79. The molecule has 0 bridgehead atoms. The molecule has 3 rings (SSSR count). The third-order valence-electron chi connectivity index (χ3n) is 3.18. The second kappa shape index (κ2) is 5.69. The molecule has 3 aromatic rings. The smallest absolute Gasteiger partial charge is 0.226 e. The van der Waals surface area contributed by atoms with Crippen molar-refractivity contribution in [1.29, 1.82) is 0 Å². The molecule has 0 saturated heterocycles. The van der Waals surface area contributed by atoms with Crippen molar-refractivity contribution >= 4 is 38.7 Å². The molecule has 0 aliphatic rings. The summed E-state index contributed by atoms with van der Waals surface area (Å²) in [5.74, 6) is 1.42. The molecule has 7 heteroatoms. The normalized spacial score (nSPS) is 10.8. The Kier molecular flexibility index (Phi) is 3.74. The molecular weight excluding hydrogens is 332 g/mol. The van der Waals surface area contributed by atoms with Gasteiger partial charge in [-0.05, 0) is 17.7 Å². The van der Waals surface area contributed by atoms with Gasteiger partial charge in [-0.25, -0.2) is 0 Å². The Bertz CT molecular complexity index is 769. The zero-order valence-corrected chi connectivity index (χ0v) is 13.3. The lowest BCUT2D eigenvalue weighted by Crippen LogP contribution is -2.18. The van der Waals surface area contributed by atoms with Crippen molar-refractivity contribution < 1.29 is 0 Å². The highest BCUT2D eigenvalue weighted by Crippen LogP contribution is 2.24. The zero-order valence-electron chi connectivity index (χ0n) is 11.8. The van der Waals surface area contributed by atoms with Crippen LogP contribution in [0.15, 0.2) is 34.9 Å². The number of anilines is 2. The number of rotatable bonds is 4. The van der Waals surface area contributed by atoms with E-state index in [1.54, 1.807) is 13.2 Å². The standard InChI is InChI=1S/C14H15BrN6/c1-16-14-18-12-11(7-17-20-12)13(19-14)21(2)8-9-4-3-5-10(15)6-9/h3-7H,8H2,1-2H3,(H2,16,17,18,19,20). The fraction of sp³-hybridized carbons (Fsp3) is 0.214. The third-order valence-corrected chi connectivity index (χ3v) is 3.68. The van der Waals surface area contributed by atoms with Crippen LogP contribution in [0.5, 0.6) is 0 Å². The van der Waals surface area contributed by atoms with Crippen molar-refractivity contribution in [3.63, 3.8) is 0 Å². The first kappa shape index (κ1) is 13.8. The van der Waals surface area contributed by atoms with Crippen LogP contribution >= 0.6 is 15.9 Å². The lowest BCUT2D eigenvalue weighted by molar-refractivity contribution is 0.900. The summed E-state index contributed by atoms with van der Waals surface area (Å²) in [7, 11) is 3.81. The Hall–Kier alpha value is -2.15. The number of fused-ring (bicyclic) bond motifs is 1. The molecular formula is C14H15BrN6. The van der Waals surface area contributed by atoms with Crippen LogP contribution in [0.25, 0.3) is 11.0 Å². The van der Waals surface area contributed by atoms with Crippen LogP contribution in [0.1, 0.15) is 5.56 Å². The Labute approximate surface area is 130 Å². The van der Waals surface area contributed by atoms with Crippen LogP contribution < -0.4 is 10.2 Å². The van der Waals surface area contributed by atoms with E-state index in [4.69, 9.17) is 0 Å². The van der Waals surface area contributed by atoms with Gasteiger partial charge in [0.2, 0.25) is 5.95 Å². The SMILES string of the molecule is CNc1nc(N(C)Cc2cccc(Br)c2)c2cn[nH]c2n1. The van der Waals surface area contributed by atoms with Gasteiger partial charge in [0.05, 0.1) is 11.6 Å². The summed E-state index contributed by atoms with van der Waals surface area (Å²) in [5.41, 5.74) is 1.93. The van der Waals surface area contributed by atoms with E-state index >= 15 is 0 Å². The quantitative estimate of drug-likeness (QED) is 0.760. The molecule has 0 unspecified atom stereocenters. The molecule has 2 aromatic heterocycles. The molecule has 0 amide bonds. The second-order valence-electron chi connectivity index (χ2n) is 4.74. The highest BCUT2D eigenvalue weighted by molar-refractivity contribution is 9.10. The lowest BCUT2D eigenvalue weighted by atomic mass is 10.2. The molecule has 2 heterocycles. The molecule has 108 valence electrons. The highest BCUT2D eigenvalue weighted by Gasteiger charge is 2.13. The van der Waals surface area contributed by atoms with E-state index in [0.29, 0.717) is 5.95 Å². The number of benzene rings is 1. The summed E-state index contributed by atoms with van der Waals surface area (Å²) in [6, 6.07) is 8.23. The van der Waals surface area contributed by atoms with E-state index in [2.05, 4.69) is 58.4 Å². The fourth-order valence-corrected chi connectivity index (χ4v) is 2.65. The van der Waals surface area contributed by atoms with Crippen molar-refractivity contribution in [2.75, 3.05) is 24.3 Å². The molecule has 0 aliphatic heterocycles. The van der Waals surface area contributed by atoms with Gasteiger partial charge in [0.25, 0.3) is 0 Å². The van der Waals surface area contributed by atoms with E-state index in [-0.39, 0.29) is 0 Å². The van der Waals surface area contributed by atoms with E-state index in [1.807, 2.05) is 19.2 Å². The number of aromatic nitrogens is 4. The van der Waals surface area contributed by atoms with Crippen molar-refractivity contribution in [3.05, 3.63) is 40.5 Å². The van der Waals surface area contributed by atoms with E-state index in [9.17, 15) is 0 Å². The van der Waals surface area contributed by atoms with Crippen LogP contribution in [-0.4, -0.2) is 34.3 Å². The molecule has 0 aliphatic carbocycles. The van der Waals surface area contributed by atoms with Crippen LogP contribution in [0.2, 0.25) is 0 Å². The van der Waals surface area contributed by atoms with Crippen LogP contribution in [-0.2, 0) is 6.54 Å². The molecule has 0 saturated carbocycles. The van der Waals surface area contributed by atoms with Gasteiger partial charge >= 0.3 is 0 Å². The number of hydrogen-bond acceptors (Lipinski definition) is 5. The lowest BCUT2D eigenvalue weighted by Gasteiger charge is -2.19. The summed E-state index contributed by atoms with van der Waals surface area (Å²) in [5, 5.41) is 10.8. The maximum Gasteiger partial charge on any atom is 0.226 e. The number of H-pyrrole nitrogens is 1. The Morgan fingerprint density at radius 3 is 2.95 bits per heavy atom. The number of aromatic amines is 1. The summed E-state index contributed by atoms with van der Waals surface area (Å²) in [4.78, 5) is 11.0. The van der Waals surface area contributed by atoms with Gasteiger partial charge in [-0.1, -0.05) is 28.1 Å². The number of nitrogens with zero attached hydrogens (tertiary/aromatic N) is 4. The Balaban J connectivity index is 1.97. The van der Waals surface area contributed by atoms with E-state index in [0.717, 1.165) is 27.9 Å². The molecule has 0 atom stereocenters.